The third kappa shape index (κ3) is 8.81. The number of rotatable bonds is 9. The Morgan fingerprint density at radius 2 is 1.73 bits per heavy atom. The van der Waals surface area contributed by atoms with Crippen molar-refractivity contribution < 1.29 is 37.1 Å². The van der Waals surface area contributed by atoms with E-state index in [1.54, 1.807) is 37.4 Å². The van der Waals surface area contributed by atoms with E-state index < -0.39 is 10.1 Å². The molecule has 0 unspecified atom stereocenters. The van der Waals surface area contributed by atoms with Crippen LogP contribution in [0.25, 0.3) is 0 Å². The lowest BCUT2D eigenvalue weighted by Crippen LogP contribution is -2.35. The Balaban J connectivity index is 0.000000298. The smallest absolute Gasteiger partial charge is 0.312 e. The number of ether oxygens (including phenoxy) is 3. The number of piperidine rings is 1. The maximum absolute atomic E-state index is 12.9. The highest BCUT2D eigenvalue weighted by atomic mass is 32.2. The number of amides is 1. The number of methoxy groups -OCH3 is 1. The highest BCUT2D eigenvalue weighted by Gasteiger charge is 2.22. The second-order valence-electron chi connectivity index (χ2n) is 9.63. The molecule has 0 aliphatic carbocycles. The first-order chi connectivity index (χ1) is 19.5. The van der Waals surface area contributed by atoms with Crippen molar-refractivity contribution in [2.75, 3.05) is 39.1 Å². The highest BCUT2D eigenvalue weighted by molar-refractivity contribution is 7.85. The third-order valence-electron chi connectivity index (χ3n) is 6.29. The minimum absolute atomic E-state index is 0.0586. The van der Waals surface area contributed by atoms with Gasteiger partial charge in [-0.15, -0.1) is 0 Å². The first kappa shape index (κ1) is 31.7. The molecule has 12 heteroatoms. The molecule has 11 nitrogen and oxygen atoms in total. The second kappa shape index (κ2) is 14.7. The van der Waals surface area contributed by atoms with Crippen LogP contribution in [0.2, 0.25) is 0 Å². The first-order valence-electron chi connectivity index (χ1n) is 13.3. The summed E-state index contributed by atoms with van der Waals surface area (Å²) in [5, 5.41) is 8.84. The number of anilines is 1. The number of carbonyl (C=O) groups is 1. The molecule has 2 aromatic carbocycles. The summed E-state index contributed by atoms with van der Waals surface area (Å²) in [6, 6.07) is 13.3. The fourth-order valence-corrected chi connectivity index (χ4v) is 4.52. The SMILES string of the molecule is CC(C)c1ccc(S(=O)(=O)O)nc1.COc1ccccc1Oc1c(N)cc(C(=O)N2CCCCC2)cc1OCCO. The number of pyridine rings is 1. The topological polar surface area (TPSA) is 162 Å². The van der Waals surface area contributed by atoms with Crippen LogP contribution in [0.1, 0.15) is 54.9 Å². The van der Waals surface area contributed by atoms with Crippen molar-refractivity contribution in [1.82, 2.24) is 9.88 Å². The predicted octanol–water partition coefficient (Wildman–Crippen LogP) is 4.52. The van der Waals surface area contributed by atoms with Crippen LogP contribution in [0.3, 0.4) is 0 Å². The van der Waals surface area contributed by atoms with E-state index in [-0.39, 0.29) is 35.6 Å². The molecule has 41 heavy (non-hydrogen) atoms. The lowest BCUT2D eigenvalue weighted by molar-refractivity contribution is 0.0723. The lowest BCUT2D eigenvalue weighted by Gasteiger charge is -2.27. The summed E-state index contributed by atoms with van der Waals surface area (Å²) < 4.78 is 46.7. The molecule has 4 rings (SSSR count). The van der Waals surface area contributed by atoms with E-state index in [1.807, 2.05) is 30.9 Å². The molecule has 0 bridgehead atoms. The van der Waals surface area contributed by atoms with Crippen LogP contribution in [0.4, 0.5) is 5.69 Å². The van der Waals surface area contributed by atoms with Crippen LogP contribution < -0.4 is 19.9 Å². The number of aromatic nitrogens is 1. The van der Waals surface area contributed by atoms with Gasteiger partial charge in [-0.25, -0.2) is 4.98 Å². The number of para-hydroxylation sites is 2. The normalized spacial score (nSPS) is 13.3. The number of hydrogen-bond donors (Lipinski definition) is 3. The van der Waals surface area contributed by atoms with E-state index in [1.165, 1.54) is 12.3 Å². The molecule has 0 saturated carbocycles. The minimum Gasteiger partial charge on any atom is -0.493 e. The number of nitrogens with two attached hydrogens (primary N) is 1. The summed E-state index contributed by atoms with van der Waals surface area (Å²) in [6.07, 6.45) is 4.60. The molecule has 1 aromatic heterocycles. The Kier molecular flexibility index (Phi) is 11.3. The van der Waals surface area contributed by atoms with Crippen LogP contribution in [0.15, 0.2) is 59.8 Å². The van der Waals surface area contributed by atoms with Gasteiger partial charge in [0.2, 0.25) is 0 Å². The molecule has 0 atom stereocenters. The van der Waals surface area contributed by atoms with Crippen LogP contribution in [-0.2, 0) is 10.1 Å². The third-order valence-corrected chi connectivity index (χ3v) is 7.06. The van der Waals surface area contributed by atoms with E-state index in [9.17, 15) is 13.2 Å². The van der Waals surface area contributed by atoms with E-state index in [2.05, 4.69) is 4.98 Å². The van der Waals surface area contributed by atoms with Gasteiger partial charge in [0, 0.05) is 24.8 Å². The zero-order valence-electron chi connectivity index (χ0n) is 23.4. The van der Waals surface area contributed by atoms with Crippen molar-refractivity contribution in [3.8, 4) is 23.0 Å². The predicted molar refractivity (Wildman–Crippen MR) is 154 cm³/mol. The monoisotopic (exact) mass is 587 g/mol. The van der Waals surface area contributed by atoms with Crippen molar-refractivity contribution in [2.45, 2.75) is 44.1 Å². The maximum Gasteiger partial charge on any atom is 0.312 e. The fourth-order valence-electron chi connectivity index (χ4n) is 4.10. The number of benzene rings is 2. The zero-order valence-corrected chi connectivity index (χ0v) is 24.3. The van der Waals surface area contributed by atoms with E-state index in [4.69, 9.17) is 29.6 Å². The molecule has 3 aromatic rings. The summed E-state index contributed by atoms with van der Waals surface area (Å²) in [7, 11) is -2.61. The van der Waals surface area contributed by atoms with Crippen LogP contribution in [0, 0.1) is 0 Å². The molecule has 4 N–H and O–H groups in total. The van der Waals surface area contributed by atoms with Gasteiger partial charge in [0.05, 0.1) is 19.4 Å². The maximum atomic E-state index is 12.9. The number of hydrogen-bond acceptors (Lipinski definition) is 9. The van der Waals surface area contributed by atoms with Crippen molar-refractivity contribution in [3.63, 3.8) is 0 Å². The molecular weight excluding hydrogens is 550 g/mol. The largest absolute Gasteiger partial charge is 0.493 e. The van der Waals surface area contributed by atoms with Gasteiger partial charge in [0.1, 0.15) is 6.61 Å². The molecule has 0 spiro atoms. The molecular formula is C29H37N3O8S. The van der Waals surface area contributed by atoms with Gasteiger partial charge in [-0.2, -0.15) is 8.42 Å². The van der Waals surface area contributed by atoms with Gasteiger partial charge in [0.15, 0.2) is 28.0 Å². The Morgan fingerprint density at radius 1 is 1.05 bits per heavy atom. The quantitative estimate of drug-likeness (QED) is 0.240. The van der Waals surface area contributed by atoms with Crippen LogP contribution >= 0.6 is 0 Å². The number of nitrogen functional groups attached to an aromatic ring is 1. The number of nitrogens with zero attached hydrogens (tertiary/aromatic N) is 2. The summed E-state index contributed by atoms with van der Waals surface area (Å²) in [5.74, 6) is 1.82. The molecule has 1 aliphatic rings. The van der Waals surface area contributed by atoms with E-state index in [0.717, 1.165) is 37.9 Å². The Morgan fingerprint density at radius 3 is 2.29 bits per heavy atom. The molecule has 1 saturated heterocycles. The minimum atomic E-state index is -4.16. The molecule has 0 radical (unpaired) electrons. The van der Waals surface area contributed by atoms with Crippen molar-refractivity contribution in [3.05, 3.63) is 65.9 Å². The van der Waals surface area contributed by atoms with E-state index >= 15 is 0 Å². The van der Waals surface area contributed by atoms with Crippen LogP contribution in [0.5, 0.6) is 23.0 Å². The number of aliphatic hydroxyl groups excluding tert-OH is 1. The summed E-state index contributed by atoms with van der Waals surface area (Å²) >= 11 is 0. The number of aliphatic hydroxyl groups is 1. The highest BCUT2D eigenvalue weighted by Crippen LogP contribution is 2.41. The Hall–Kier alpha value is -3.87. The molecule has 222 valence electrons. The van der Waals surface area contributed by atoms with Gasteiger partial charge < -0.3 is 30.0 Å². The fraction of sp³-hybridized carbons (Fsp3) is 0.379. The average Bonchev–Trinajstić information content (AvgIpc) is 2.97. The van der Waals surface area contributed by atoms with Gasteiger partial charge in [-0.3, -0.25) is 9.35 Å². The summed E-state index contributed by atoms with van der Waals surface area (Å²) in [6.45, 7) is 5.33. The van der Waals surface area contributed by atoms with Crippen molar-refractivity contribution in [2.24, 2.45) is 0 Å². The van der Waals surface area contributed by atoms with Crippen molar-refractivity contribution >= 4 is 21.7 Å². The molecule has 1 fully saturated rings. The average molecular weight is 588 g/mol. The second-order valence-corrected chi connectivity index (χ2v) is 11.0. The first-order valence-corrected chi connectivity index (χ1v) is 14.7. The number of likely N-dealkylation sites (tertiary alicyclic amines) is 1. The zero-order chi connectivity index (χ0) is 30.0. The van der Waals surface area contributed by atoms with Gasteiger partial charge in [0.25, 0.3) is 5.91 Å². The molecule has 2 heterocycles. The van der Waals surface area contributed by atoms with Gasteiger partial charge in [-0.05, 0) is 61.1 Å². The van der Waals surface area contributed by atoms with Gasteiger partial charge >= 0.3 is 10.1 Å². The number of carbonyl (C=O) groups excluding carboxylic acids is 1. The summed E-state index contributed by atoms with van der Waals surface area (Å²) in [5.41, 5.74) is 7.88. The molecule has 1 amide bonds. The standard InChI is InChI=1S/C21H26N2O5.C8H11NO3S/c1-26-17-7-3-4-8-18(17)28-20-16(22)13-15(14-19(20)27-12-11-24)21(25)23-9-5-2-6-10-23;1-6(2)7-3-4-8(9-5-7)13(10,11)12/h3-4,7-8,13-14,24H,2,5-6,9-12,22H2,1H3;3-6H,1-2H3,(H,10,11,12). The van der Waals surface area contributed by atoms with E-state index in [0.29, 0.717) is 28.7 Å². The Bertz CT molecular complexity index is 1410. The Labute approximate surface area is 240 Å². The van der Waals surface area contributed by atoms with Crippen molar-refractivity contribution in [1.29, 1.82) is 0 Å². The lowest BCUT2D eigenvalue weighted by atomic mass is 10.1. The van der Waals surface area contributed by atoms with Crippen LogP contribution in [-0.4, -0.2) is 67.3 Å². The summed E-state index contributed by atoms with van der Waals surface area (Å²) in [4.78, 5) is 18.3. The molecule has 1 aliphatic heterocycles. The van der Waals surface area contributed by atoms with Gasteiger partial charge in [-0.1, -0.05) is 32.0 Å².